The van der Waals surface area contributed by atoms with Crippen LogP contribution in [-0.4, -0.2) is 32.8 Å². The number of carboxylic acid groups (broad SMARTS) is 1. The Hall–Kier alpha value is -1.85. The van der Waals surface area contributed by atoms with Gasteiger partial charge in [-0.05, 0) is 12.0 Å². The number of rotatable bonds is 5. The Morgan fingerprint density at radius 3 is 2.65 bits per heavy atom. The van der Waals surface area contributed by atoms with E-state index < -0.39 is 17.9 Å². The molecule has 1 aromatic heterocycles. The monoisotopic (exact) mass is 239 g/mol. The molecule has 2 N–H and O–H groups in total. The van der Waals surface area contributed by atoms with Gasteiger partial charge in [-0.1, -0.05) is 20.3 Å². The quantitative estimate of drug-likeness (QED) is 0.790. The van der Waals surface area contributed by atoms with Crippen molar-refractivity contribution in [3.05, 3.63) is 18.0 Å². The third kappa shape index (κ3) is 3.30. The summed E-state index contributed by atoms with van der Waals surface area (Å²) in [6.45, 7) is 3.67. The van der Waals surface area contributed by atoms with Gasteiger partial charge in [-0.3, -0.25) is 9.48 Å². The predicted molar refractivity (Wildman–Crippen MR) is 61.6 cm³/mol. The van der Waals surface area contributed by atoms with Crippen molar-refractivity contribution in [2.75, 3.05) is 0 Å². The second-order valence-electron chi connectivity index (χ2n) is 4.05. The van der Waals surface area contributed by atoms with Gasteiger partial charge in [0.25, 0.3) is 5.91 Å². The van der Waals surface area contributed by atoms with Crippen molar-refractivity contribution < 1.29 is 14.7 Å². The van der Waals surface area contributed by atoms with Crippen LogP contribution in [0.1, 0.15) is 30.8 Å². The smallest absolute Gasteiger partial charge is 0.326 e. The van der Waals surface area contributed by atoms with Crippen molar-refractivity contribution >= 4 is 11.9 Å². The van der Waals surface area contributed by atoms with Crippen LogP contribution in [-0.2, 0) is 11.8 Å². The van der Waals surface area contributed by atoms with Crippen molar-refractivity contribution in [2.45, 2.75) is 26.3 Å². The van der Waals surface area contributed by atoms with Gasteiger partial charge in [0.05, 0.1) is 0 Å². The Morgan fingerprint density at radius 2 is 2.24 bits per heavy atom. The fourth-order valence-electron chi connectivity index (χ4n) is 1.43. The zero-order valence-corrected chi connectivity index (χ0v) is 10.2. The number of amides is 1. The summed E-state index contributed by atoms with van der Waals surface area (Å²) in [6, 6.07) is 0.666. The lowest BCUT2D eigenvalue weighted by atomic mass is 9.99. The van der Waals surface area contributed by atoms with E-state index in [0.717, 1.165) is 0 Å². The second kappa shape index (κ2) is 5.47. The molecule has 0 spiro atoms. The third-order valence-corrected chi connectivity index (χ3v) is 2.71. The highest BCUT2D eigenvalue weighted by Crippen LogP contribution is 2.08. The molecule has 17 heavy (non-hydrogen) atoms. The molecule has 1 rings (SSSR count). The minimum Gasteiger partial charge on any atom is -0.480 e. The number of aryl methyl sites for hydroxylation is 1. The van der Waals surface area contributed by atoms with Crippen LogP contribution in [0.2, 0.25) is 0 Å². The van der Waals surface area contributed by atoms with Crippen LogP contribution in [0.15, 0.2) is 12.3 Å². The van der Waals surface area contributed by atoms with Crippen LogP contribution in [0.5, 0.6) is 0 Å². The van der Waals surface area contributed by atoms with Crippen molar-refractivity contribution in [2.24, 2.45) is 13.0 Å². The molecule has 0 fully saturated rings. The molecule has 0 aromatic carbocycles. The van der Waals surface area contributed by atoms with Crippen molar-refractivity contribution in [3.63, 3.8) is 0 Å². The van der Waals surface area contributed by atoms with E-state index >= 15 is 0 Å². The van der Waals surface area contributed by atoms with E-state index in [4.69, 9.17) is 5.11 Å². The Labute approximate surface area is 99.6 Å². The fraction of sp³-hybridized carbons (Fsp3) is 0.545. The van der Waals surface area contributed by atoms with Crippen molar-refractivity contribution in [1.29, 1.82) is 0 Å². The van der Waals surface area contributed by atoms with E-state index in [1.807, 2.05) is 6.92 Å². The first-order valence-electron chi connectivity index (χ1n) is 5.49. The van der Waals surface area contributed by atoms with E-state index in [1.165, 1.54) is 4.68 Å². The zero-order chi connectivity index (χ0) is 13.0. The van der Waals surface area contributed by atoms with Crippen LogP contribution >= 0.6 is 0 Å². The Bertz CT molecular complexity index is 414. The summed E-state index contributed by atoms with van der Waals surface area (Å²) in [4.78, 5) is 22.8. The fourth-order valence-corrected chi connectivity index (χ4v) is 1.43. The zero-order valence-electron chi connectivity index (χ0n) is 10.2. The van der Waals surface area contributed by atoms with E-state index in [9.17, 15) is 9.59 Å². The van der Waals surface area contributed by atoms with Gasteiger partial charge < -0.3 is 10.4 Å². The molecule has 0 saturated heterocycles. The SMILES string of the molecule is CC[C@H](C)[C@H](NC(=O)c1ccn(C)n1)C(=O)O. The van der Waals surface area contributed by atoms with Crippen LogP contribution in [0.25, 0.3) is 0 Å². The molecule has 1 aromatic rings. The Balaban J connectivity index is 2.74. The van der Waals surface area contributed by atoms with Gasteiger partial charge in [0.2, 0.25) is 0 Å². The molecule has 0 bridgehead atoms. The summed E-state index contributed by atoms with van der Waals surface area (Å²) in [5.41, 5.74) is 0.224. The van der Waals surface area contributed by atoms with E-state index in [0.29, 0.717) is 6.42 Å². The van der Waals surface area contributed by atoms with Gasteiger partial charge in [-0.2, -0.15) is 5.10 Å². The molecular formula is C11H17N3O3. The highest BCUT2D eigenvalue weighted by Gasteiger charge is 2.26. The summed E-state index contributed by atoms with van der Waals surface area (Å²) < 4.78 is 1.49. The molecule has 2 atom stereocenters. The van der Waals surface area contributed by atoms with Crippen LogP contribution in [0, 0.1) is 5.92 Å². The second-order valence-corrected chi connectivity index (χ2v) is 4.05. The standard InChI is InChI=1S/C11H17N3O3/c1-4-7(2)9(11(16)17)12-10(15)8-5-6-14(3)13-8/h5-7,9H,4H2,1-3H3,(H,12,15)(H,16,17)/t7-,9-/m0/s1. The first-order valence-corrected chi connectivity index (χ1v) is 5.49. The highest BCUT2D eigenvalue weighted by atomic mass is 16.4. The largest absolute Gasteiger partial charge is 0.480 e. The van der Waals surface area contributed by atoms with Crippen LogP contribution in [0.3, 0.4) is 0 Å². The van der Waals surface area contributed by atoms with E-state index in [-0.39, 0.29) is 11.6 Å². The lowest BCUT2D eigenvalue weighted by Gasteiger charge is -2.19. The molecule has 0 unspecified atom stereocenters. The van der Waals surface area contributed by atoms with Gasteiger partial charge in [0, 0.05) is 13.2 Å². The molecule has 0 radical (unpaired) electrons. The van der Waals surface area contributed by atoms with Crippen LogP contribution < -0.4 is 5.32 Å². The minimum absolute atomic E-state index is 0.125. The normalized spacial score (nSPS) is 14.1. The summed E-state index contributed by atoms with van der Waals surface area (Å²) in [5, 5.41) is 15.4. The van der Waals surface area contributed by atoms with Crippen molar-refractivity contribution in [3.8, 4) is 0 Å². The Kier molecular flexibility index (Phi) is 4.25. The molecular weight excluding hydrogens is 222 g/mol. The number of carboxylic acids is 1. The number of nitrogens with one attached hydrogen (secondary N) is 1. The predicted octanol–water partition coefficient (Wildman–Crippen LogP) is 0.649. The summed E-state index contributed by atoms with van der Waals surface area (Å²) in [6.07, 6.45) is 2.31. The maximum absolute atomic E-state index is 11.7. The maximum Gasteiger partial charge on any atom is 0.326 e. The van der Waals surface area contributed by atoms with Gasteiger partial charge >= 0.3 is 5.97 Å². The first kappa shape index (κ1) is 13.2. The molecule has 6 nitrogen and oxygen atoms in total. The number of aliphatic carboxylic acids is 1. The average Bonchev–Trinajstić information content (AvgIpc) is 2.71. The number of nitrogens with zero attached hydrogens (tertiary/aromatic N) is 2. The minimum atomic E-state index is -1.02. The van der Waals surface area contributed by atoms with E-state index in [2.05, 4.69) is 10.4 Å². The maximum atomic E-state index is 11.7. The van der Waals surface area contributed by atoms with Crippen LogP contribution in [0.4, 0.5) is 0 Å². The van der Waals surface area contributed by atoms with E-state index in [1.54, 1.807) is 26.2 Å². The molecule has 0 aliphatic rings. The molecule has 0 saturated carbocycles. The lowest BCUT2D eigenvalue weighted by Crippen LogP contribution is -2.45. The molecule has 1 heterocycles. The molecule has 1 amide bonds. The molecule has 0 aliphatic heterocycles. The highest BCUT2D eigenvalue weighted by molar-refractivity contribution is 5.94. The summed E-state index contributed by atoms with van der Waals surface area (Å²) in [5.74, 6) is -1.61. The Morgan fingerprint density at radius 1 is 1.59 bits per heavy atom. The topological polar surface area (TPSA) is 84.2 Å². The summed E-state index contributed by atoms with van der Waals surface area (Å²) >= 11 is 0. The summed E-state index contributed by atoms with van der Waals surface area (Å²) in [7, 11) is 1.69. The molecule has 6 heteroatoms. The lowest BCUT2D eigenvalue weighted by molar-refractivity contribution is -0.140. The average molecular weight is 239 g/mol. The molecule has 94 valence electrons. The van der Waals surface area contributed by atoms with Gasteiger partial charge in [-0.15, -0.1) is 0 Å². The van der Waals surface area contributed by atoms with Crippen molar-refractivity contribution in [1.82, 2.24) is 15.1 Å². The van der Waals surface area contributed by atoms with Gasteiger partial charge in [0.15, 0.2) is 0 Å². The number of aromatic nitrogens is 2. The number of carbonyl (C=O) groups excluding carboxylic acids is 1. The van der Waals surface area contributed by atoms with Gasteiger partial charge in [0.1, 0.15) is 11.7 Å². The number of hydrogen-bond donors (Lipinski definition) is 2. The number of carbonyl (C=O) groups is 2. The number of hydrogen-bond acceptors (Lipinski definition) is 3. The molecule has 0 aliphatic carbocycles. The van der Waals surface area contributed by atoms with Gasteiger partial charge in [-0.25, -0.2) is 4.79 Å². The first-order chi connectivity index (χ1) is 7.95. The third-order valence-electron chi connectivity index (χ3n) is 2.71.